The lowest BCUT2D eigenvalue weighted by molar-refractivity contribution is 0.449. The Bertz CT molecular complexity index is 703. The van der Waals surface area contributed by atoms with E-state index in [9.17, 15) is 4.21 Å². The maximum atomic E-state index is 13.3. The van der Waals surface area contributed by atoms with Gasteiger partial charge in [-0.2, -0.15) is 0 Å². The summed E-state index contributed by atoms with van der Waals surface area (Å²) >= 11 is 0. The second-order valence-electron chi connectivity index (χ2n) is 8.80. The maximum Gasteiger partial charge on any atom is 0.0849 e. The summed E-state index contributed by atoms with van der Waals surface area (Å²) in [6.07, 6.45) is 12.3. The molecule has 2 aromatic carbocycles. The van der Waals surface area contributed by atoms with Gasteiger partial charge in [-0.15, -0.1) is 0 Å². The summed E-state index contributed by atoms with van der Waals surface area (Å²) in [6, 6.07) is 17.0. The summed E-state index contributed by atoms with van der Waals surface area (Å²) in [5.74, 6) is 1.46. The smallest absolute Gasteiger partial charge is 0.0849 e. The summed E-state index contributed by atoms with van der Waals surface area (Å²) in [4.78, 5) is 1.88. The predicted molar refractivity (Wildman–Crippen MR) is 132 cm³/mol. The van der Waals surface area contributed by atoms with Crippen molar-refractivity contribution in [2.45, 2.75) is 102 Å². The van der Waals surface area contributed by atoms with Crippen LogP contribution >= 0.6 is 0 Å². The maximum absolute atomic E-state index is 13.3. The molecule has 0 amide bonds. The minimum Gasteiger partial charge on any atom is -0.249 e. The van der Waals surface area contributed by atoms with E-state index in [1.54, 1.807) is 0 Å². The second-order valence-corrected chi connectivity index (χ2v) is 10.3. The highest BCUT2D eigenvalue weighted by Crippen LogP contribution is 2.24. The minimum atomic E-state index is -1.11. The first-order valence-electron chi connectivity index (χ1n) is 12.2. The fraction of sp³-hybridized carbons (Fsp3) is 0.571. The Morgan fingerprint density at radius 2 is 1.13 bits per heavy atom. The van der Waals surface area contributed by atoms with Crippen LogP contribution in [0.15, 0.2) is 58.3 Å². The number of benzene rings is 2. The normalized spacial score (nSPS) is 14.4. The van der Waals surface area contributed by atoms with Crippen molar-refractivity contribution >= 4 is 10.8 Å². The molecule has 0 fully saturated rings. The molecule has 0 bridgehead atoms. The predicted octanol–water partition coefficient (Wildman–Crippen LogP) is 8.37. The number of unbranched alkanes of at least 4 members (excludes halogenated alkanes) is 2. The van der Waals surface area contributed by atoms with Crippen molar-refractivity contribution < 1.29 is 4.21 Å². The van der Waals surface area contributed by atoms with Gasteiger partial charge in [0.05, 0.1) is 10.8 Å². The van der Waals surface area contributed by atoms with Gasteiger partial charge < -0.3 is 0 Å². The lowest BCUT2D eigenvalue weighted by Crippen LogP contribution is -2.05. The SMILES string of the molecule is CCCCC(CC)Cc1cccc(S(=O)c2cccc(CC(CC)CCCC)c2)c1. The monoisotopic (exact) mass is 426 g/mol. The van der Waals surface area contributed by atoms with Crippen LogP contribution in [-0.4, -0.2) is 4.21 Å². The molecule has 0 spiro atoms. The van der Waals surface area contributed by atoms with E-state index in [0.717, 1.165) is 34.5 Å². The van der Waals surface area contributed by atoms with E-state index in [2.05, 4.69) is 64.1 Å². The Labute approximate surface area is 188 Å². The van der Waals surface area contributed by atoms with Gasteiger partial charge in [0.25, 0.3) is 0 Å². The molecule has 0 saturated heterocycles. The fourth-order valence-corrected chi connectivity index (χ4v) is 5.46. The number of hydrogen-bond donors (Lipinski definition) is 0. The summed E-state index contributed by atoms with van der Waals surface area (Å²) < 4.78 is 13.3. The van der Waals surface area contributed by atoms with E-state index in [0.29, 0.717) is 0 Å². The zero-order valence-electron chi connectivity index (χ0n) is 19.7. The molecule has 0 aliphatic heterocycles. The molecule has 0 radical (unpaired) electrons. The van der Waals surface area contributed by atoms with Crippen LogP contribution in [0.25, 0.3) is 0 Å². The largest absolute Gasteiger partial charge is 0.249 e. The van der Waals surface area contributed by atoms with Crippen LogP contribution < -0.4 is 0 Å². The molecule has 0 aliphatic carbocycles. The first-order chi connectivity index (χ1) is 14.6. The molecule has 1 nitrogen and oxygen atoms in total. The van der Waals surface area contributed by atoms with Crippen molar-refractivity contribution in [3.63, 3.8) is 0 Å². The Morgan fingerprint density at radius 1 is 0.700 bits per heavy atom. The average Bonchev–Trinajstić information content (AvgIpc) is 2.79. The van der Waals surface area contributed by atoms with Gasteiger partial charge in [0.2, 0.25) is 0 Å². The third-order valence-electron chi connectivity index (χ3n) is 6.36. The van der Waals surface area contributed by atoms with Gasteiger partial charge in [-0.1, -0.05) is 103 Å². The molecule has 2 heteroatoms. The Kier molecular flexibility index (Phi) is 11.4. The Balaban J connectivity index is 2.11. The van der Waals surface area contributed by atoms with E-state index in [1.165, 1.54) is 62.5 Å². The van der Waals surface area contributed by atoms with Gasteiger partial charge in [0.1, 0.15) is 0 Å². The molecule has 2 unspecified atom stereocenters. The van der Waals surface area contributed by atoms with Crippen molar-refractivity contribution in [1.29, 1.82) is 0 Å². The van der Waals surface area contributed by atoms with Crippen LogP contribution in [0.2, 0.25) is 0 Å². The van der Waals surface area contributed by atoms with Crippen LogP contribution in [0.1, 0.15) is 90.2 Å². The van der Waals surface area contributed by atoms with E-state index >= 15 is 0 Å². The summed E-state index contributed by atoms with van der Waals surface area (Å²) in [5.41, 5.74) is 2.65. The first kappa shape index (κ1) is 24.9. The lowest BCUT2D eigenvalue weighted by Gasteiger charge is -2.16. The average molecular weight is 427 g/mol. The molecule has 166 valence electrons. The molecule has 0 heterocycles. The Morgan fingerprint density at radius 3 is 1.50 bits per heavy atom. The molecule has 2 atom stereocenters. The molecule has 0 N–H and O–H groups in total. The molecule has 2 rings (SSSR count). The van der Waals surface area contributed by atoms with Gasteiger partial charge >= 0.3 is 0 Å². The van der Waals surface area contributed by atoms with Crippen molar-refractivity contribution in [2.24, 2.45) is 11.8 Å². The van der Waals surface area contributed by atoms with Gasteiger partial charge in [-0.25, -0.2) is 4.21 Å². The van der Waals surface area contributed by atoms with E-state index in [4.69, 9.17) is 0 Å². The first-order valence-corrected chi connectivity index (χ1v) is 13.4. The molecule has 0 saturated carbocycles. The number of rotatable bonds is 14. The van der Waals surface area contributed by atoms with Gasteiger partial charge in [0, 0.05) is 9.79 Å². The van der Waals surface area contributed by atoms with Gasteiger partial charge in [-0.3, -0.25) is 0 Å². The third kappa shape index (κ3) is 8.02. The van der Waals surface area contributed by atoms with Crippen molar-refractivity contribution in [3.05, 3.63) is 59.7 Å². The summed E-state index contributed by atoms with van der Waals surface area (Å²) in [6.45, 7) is 9.10. The lowest BCUT2D eigenvalue weighted by atomic mass is 9.92. The highest BCUT2D eigenvalue weighted by molar-refractivity contribution is 7.85. The molecule has 30 heavy (non-hydrogen) atoms. The molecule has 0 aliphatic rings. The third-order valence-corrected chi connectivity index (χ3v) is 7.72. The van der Waals surface area contributed by atoms with Crippen LogP contribution in [0.5, 0.6) is 0 Å². The molecular formula is C28H42OS. The van der Waals surface area contributed by atoms with E-state index in [1.807, 2.05) is 12.1 Å². The standard InChI is InChI=1S/C28H42OS/c1-5-9-13-23(7-3)19-25-15-11-17-27(21-25)30(29)28-18-12-16-26(22-28)20-24(8-4)14-10-6-2/h11-12,15-18,21-24H,5-10,13-14,19-20H2,1-4H3. The summed E-state index contributed by atoms with van der Waals surface area (Å²) in [7, 11) is -1.11. The van der Waals surface area contributed by atoms with Gasteiger partial charge in [-0.05, 0) is 60.1 Å². The van der Waals surface area contributed by atoms with Gasteiger partial charge in [0.15, 0.2) is 0 Å². The van der Waals surface area contributed by atoms with Crippen LogP contribution in [-0.2, 0) is 23.6 Å². The topological polar surface area (TPSA) is 17.1 Å². The van der Waals surface area contributed by atoms with Crippen LogP contribution in [0.3, 0.4) is 0 Å². The van der Waals surface area contributed by atoms with E-state index in [-0.39, 0.29) is 0 Å². The zero-order chi connectivity index (χ0) is 21.8. The highest BCUT2D eigenvalue weighted by atomic mass is 32.2. The highest BCUT2D eigenvalue weighted by Gasteiger charge is 2.13. The molecular weight excluding hydrogens is 384 g/mol. The summed E-state index contributed by atoms with van der Waals surface area (Å²) in [5, 5.41) is 0. The van der Waals surface area contributed by atoms with Crippen LogP contribution in [0, 0.1) is 11.8 Å². The molecule has 2 aromatic rings. The quantitative estimate of drug-likeness (QED) is 0.296. The van der Waals surface area contributed by atoms with Crippen molar-refractivity contribution in [2.75, 3.05) is 0 Å². The molecule has 0 aromatic heterocycles. The number of hydrogen-bond acceptors (Lipinski definition) is 1. The fourth-order valence-electron chi connectivity index (χ4n) is 4.26. The van der Waals surface area contributed by atoms with Crippen LogP contribution in [0.4, 0.5) is 0 Å². The Hall–Kier alpha value is -1.41. The van der Waals surface area contributed by atoms with Crippen molar-refractivity contribution in [3.8, 4) is 0 Å². The second kappa shape index (κ2) is 13.8. The minimum absolute atomic E-state index is 0.728. The van der Waals surface area contributed by atoms with E-state index < -0.39 is 10.8 Å². The van der Waals surface area contributed by atoms with Crippen molar-refractivity contribution in [1.82, 2.24) is 0 Å². The zero-order valence-corrected chi connectivity index (χ0v) is 20.5.